The molecule has 2 nitrogen and oxygen atoms in total. The Morgan fingerprint density at radius 3 is 2.71 bits per heavy atom. The van der Waals surface area contributed by atoms with Gasteiger partial charge in [0, 0.05) is 0 Å². The topological polar surface area (TPSA) is 35.2 Å². The predicted octanol–water partition coefficient (Wildman–Crippen LogP) is 4.17. The fraction of sp³-hybridized carbons (Fsp3) is 0.600. The lowest BCUT2D eigenvalue weighted by atomic mass is 10.0. The lowest BCUT2D eigenvalue weighted by Gasteiger charge is -2.16. The summed E-state index contributed by atoms with van der Waals surface area (Å²) in [5, 5.41) is 0. The van der Waals surface area contributed by atoms with Crippen molar-refractivity contribution in [1.29, 1.82) is 0 Å². The van der Waals surface area contributed by atoms with Gasteiger partial charge in [-0.1, -0.05) is 39.2 Å². The minimum Gasteiger partial charge on any atom is -0.491 e. The summed E-state index contributed by atoms with van der Waals surface area (Å²) >= 11 is 0. The average Bonchev–Trinajstić information content (AvgIpc) is 2.33. The second kappa shape index (κ2) is 7.21. The molecule has 0 aromatic heterocycles. The Labute approximate surface area is 105 Å². The van der Waals surface area contributed by atoms with Crippen LogP contribution in [0.15, 0.2) is 18.2 Å². The molecule has 96 valence electrons. The minimum atomic E-state index is 0.648. The number of rotatable bonds is 7. The van der Waals surface area contributed by atoms with E-state index in [1.54, 1.807) is 0 Å². The maximum absolute atomic E-state index is 5.89. The molecule has 0 fully saturated rings. The minimum absolute atomic E-state index is 0.648. The molecule has 0 bridgehead atoms. The van der Waals surface area contributed by atoms with Gasteiger partial charge in [-0.2, -0.15) is 0 Å². The van der Waals surface area contributed by atoms with Gasteiger partial charge in [0.2, 0.25) is 0 Å². The van der Waals surface area contributed by atoms with Gasteiger partial charge in [0.15, 0.2) is 0 Å². The standard InChI is InChI=1S/C15H25NO/c1-4-6-7-13(5-2)11-17-15-10-12(3)8-9-14(15)16/h8-10,13H,4-7,11,16H2,1-3H3. The molecule has 0 saturated carbocycles. The molecule has 2 heteroatoms. The van der Waals surface area contributed by atoms with Gasteiger partial charge < -0.3 is 10.5 Å². The molecular weight excluding hydrogens is 210 g/mol. The van der Waals surface area contributed by atoms with E-state index in [1.807, 2.05) is 18.2 Å². The van der Waals surface area contributed by atoms with E-state index in [-0.39, 0.29) is 0 Å². The van der Waals surface area contributed by atoms with E-state index in [0.717, 1.165) is 18.0 Å². The van der Waals surface area contributed by atoms with Gasteiger partial charge in [-0.15, -0.1) is 0 Å². The highest BCUT2D eigenvalue weighted by Crippen LogP contribution is 2.24. The van der Waals surface area contributed by atoms with Crippen LogP contribution in [0.1, 0.15) is 45.1 Å². The summed E-state index contributed by atoms with van der Waals surface area (Å²) in [5.74, 6) is 1.48. The molecule has 1 rings (SSSR count). The molecule has 1 unspecified atom stereocenters. The van der Waals surface area contributed by atoms with Gasteiger partial charge in [0.1, 0.15) is 5.75 Å². The molecule has 1 aromatic carbocycles. The lowest BCUT2D eigenvalue weighted by Crippen LogP contribution is -2.12. The zero-order valence-electron chi connectivity index (χ0n) is 11.3. The van der Waals surface area contributed by atoms with Crippen LogP contribution in [0, 0.1) is 12.8 Å². The van der Waals surface area contributed by atoms with Crippen molar-refractivity contribution in [2.75, 3.05) is 12.3 Å². The predicted molar refractivity (Wildman–Crippen MR) is 74.4 cm³/mol. The Balaban J connectivity index is 2.50. The highest BCUT2D eigenvalue weighted by molar-refractivity contribution is 5.53. The van der Waals surface area contributed by atoms with Crippen LogP contribution in [0.5, 0.6) is 5.75 Å². The van der Waals surface area contributed by atoms with Gasteiger partial charge in [-0.3, -0.25) is 0 Å². The SMILES string of the molecule is CCCCC(CC)COc1cc(C)ccc1N. The van der Waals surface area contributed by atoms with Crippen molar-refractivity contribution >= 4 is 5.69 Å². The highest BCUT2D eigenvalue weighted by Gasteiger charge is 2.08. The molecule has 0 radical (unpaired) electrons. The number of nitrogens with two attached hydrogens (primary N) is 1. The zero-order chi connectivity index (χ0) is 12.7. The van der Waals surface area contributed by atoms with Crippen LogP contribution in [0.4, 0.5) is 5.69 Å². The fourth-order valence-corrected chi connectivity index (χ4v) is 1.87. The molecule has 0 heterocycles. The second-order valence-corrected chi connectivity index (χ2v) is 4.77. The Morgan fingerprint density at radius 1 is 1.29 bits per heavy atom. The average molecular weight is 235 g/mol. The summed E-state index contributed by atoms with van der Waals surface area (Å²) in [7, 11) is 0. The molecule has 0 spiro atoms. The third kappa shape index (κ3) is 4.68. The monoisotopic (exact) mass is 235 g/mol. The van der Waals surface area contributed by atoms with Crippen molar-refractivity contribution < 1.29 is 4.74 Å². The molecule has 0 amide bonds. The first-order chi connectivity index (χ1) is 8.17. The molecule has 1 atom stereocenters. The quantitative estimate of drug-likeness (QED) is 0.720. The van der Waals surface area contributed by atoms with Crippen molar-refractivity contribution in [2.45, 2.75) is 46.5 Å². The summed E-state index contributed by atoms with van der Waals surface area (Å²) in [5.41, 5.74) is 7.82. The van der Waals surface area contributed by atoms with Crippen LogP contribution in [0.25, 0.3) is 0 Å². The molecule has 0 saturated heterocycles. The van der Waals surface area contributed by atoms with Crippen LogP contribution < -0.4 is 10.5 Å². The fourth-order valence-electron chi connectivity index (χ4n) is 1.87. The molecule has 0 aliphatic carbocycles. The van der Waals surface area contributed by atoms with Crippen LogP contribution in [0.2, 0.25) is 0 Å². The first-order valence-corrected chi connectivity index (χ1v) is 6.66. The first-order valence-electron chi connectivity index (χ1n) is 6.66. The number of anilines is 1. The van der Waals surface area contributed by atoms with E-state index in [0.29, 0.717) is 5.92 Å². The molecule has 2 N–H and O–H groups in total. The van der Waals surface area contributed by atoms with E-state index in [4.69, 9.17) is 10.5 Å². The van der Waals surface area contributed by atoms with E-state index < -0.39 is 0 Å². The molecule has 0 aliphatic rings. The van der Waals surface area contributed by atoms with Crippen molar-refractivity contribution in [1.82, 2.24) is 0 Å². The summed E-state index contributed by atoms with van der Waals surface area (Å²) in [6.45, 7) is 7.29. The van der Waals surface area contributed by atoms with Crippen LogP contribution in [0.3, 0.4) is 0 Å². The maximum atomic E-state index is 5.89. The third-order valence-corrected chi connectivity index (χ3v) is 3.19. The van der Waals surface area contributed by atoms with Gasteiger partial charge in [-0.05, 0) is 37.0 Å². The largest absolute Gasteiger partial charge is 0.491 e. The van der Waals surface area contributed by atoms with E-state index in [2.05, 4.69) is 20.8 Å². The summed E-state index contributed by atoms with van der Waals surface area (Å²) in [4.78, 5) is 0. The number of unbranched alkanes of at least 4 members (excludes halogenated alkanes) is 1. The summed E-state index contributed by atoms with van der Waals surface area (Å²) < 4.78 is 5.84. The third-order valence-electron chi connectivity index (χ3n) is 3.19. The summed E-state index contributed by atoms with van der Waals surface area (Å²) in [6.07, 6.45) is 4.96. The normalized spacial score (nSPS) is 12.4. The Bertz CT molecular complexity index is 336. The smallest absolute Gasteiger partial charge is 0.142 e. The Hall–Kier alpha value is -1.18. The van der Waals surface area contributed by atoms with Crippen molar-refractivity contribution in [3.05, 3.63) is 23.8 Å². The van der Waals surface area contributed by atoms with Gasteiger partial charge in [0.05, 0.1) is 12.3 Å². The number of aryl methyl sites for hydroxylation is 1. The maximum Gasteiger partial charge on any atom is 0.142 e. The van der Waals surface area contributed by atoms with E-state index >= 15 is 0 Å². The summed E-state index contributed by atoms with van der Waals surface area (Å²) in [6, 6.07) is 5.94. The van der Waals surface area contributed by atoms with Crippen LogP contribution >= 0.6 is 0 Å². The first kappa shape index (κ1) is 13.9. The number of benzene rings is 1. The number of hydrogen-bond donors (Lipinski definition) is 1. The van der Waals surface area contributed by atoms with Gasteiger partial charge in [0.25, 0.3) is 0 Å². The number of ether oxygens (including phenoxy) is 1. The van der Waals surface area contributed by atoms with E-state index in [9.17, 15) is 0 Å². The highest BCUT2D eigenvalue weighted by atomic mass is 16.5. The number of hydrogen-bond acceptors (Lipinski definition) is 2. The van der Waals surface area contributed by atoms with Gasteiger partial charge in [-0.25, -0.2) is 0 Å². The lowest BCUT2D eigenvalue weighted by molar-refractivity contribution is 0.234. The Kier molecular flexibility index (Phi) is 5.88. The second-order valence-electron chi connectivity index (χ2n) is 4.77. The van der Waals surface area contributed by atoms with Crippen molar-refractivity contribution in [3.63, 3.8) is 0 Å². The molecular formula is C15H25NO. The van der Waals surface area contributed by atoms with Crippen molar-refractivity contribution in [3.8, 4) is 5.75 Å². The molecule has 1 aromatic rings. The van der Waals surface area contributed by atoms with E-state index in [1.165, 1.54) is 31.2 Å². The molecule has 17 heavy (non-hydrogen) atoms. The van der Waals surface area contributed by atoms with Gasteiger partial charge >= 0.3 is 0 Å². The van der Waals surface area contributed by atoms with Crippen molar-refractivity contribution in [2.24, 2.45) is 5.92 Å². The Morgan fingerprint density at radius 2 is 2.06 bits per heavy atom. The van der Waals surface area contributed by atoms with Crippen LogP contribution in [-0.2, 0) is 0 Å². The van der Waals surface area contributed by atoms with Crippen LogP contribution in [-0.4, -0.2) is 6.61 Å². The zero-order valence-corrected chi connectivity index (χ0v) is 11.3. The molecule has 0 aliphatic heterocycles. The number of nitrogen functional groups attached to an aromatic ring is 1.